The van der Waals surface area contributed by atoms with Crippen LogP contribution in [0.1, 0.15) is 15.5 Å². The number of carbonyl (C=O) groups is 1. The summed E-state index contributed by atoms with van der Waals surface area (Å²) in [5.74, 6) is -0.129. The lowest BCUT2D eigenvalue weighted by Crippen LogP contribution is -2.12. The van der Waals surface area contributed by atoms with Crippen molar-refractivity contribution >= 4 is 34.5 Å². The number of para-hydroxylation sites is 1. The third-order valence-corrected chi connectivity index (χ3v) is 4.23. The van der Waals surface area contributed by atoms with E-state index >= 15 is 0 Å². The Kier molecular flexibility index (Phi) is 5.08. The molecule has 1 heterocycles. The topological polar surface area (TPSA) is 51.2 Å². The summed E-state index contributed by atoms with van der Waals surface area (Å²) in [4.78, 5) is 16.4. The fourth-order valence-corrected chi connectivity index (χ4v) is 2.77. The normalized spacial score (nSPS) is 10.4. The standard InChI is InChI=1S/C17H12ClFN2O2S/c18-13-3-1-2-4-14(13)21-17(22)15-10-24-16(20-15)9-23-12-7-5-11(19)6-8-12/h1-8,10H,9H2,(H,21,22). The van der Waals surface area contributed by atoms with Crippen LogP contribution in [0.4, 0.5) is 10.1 Å². The monoisotopic (exact) mass is 362 g/mol. The first-order valence-electron chi connectivity index (χ1n) is 7.00. The summed E-state index contributed by atoms with van der Waals surface area (Å²) in [5.41, 5.74) is 0.818. The van der Waals surface area contributed by atoms with Gasteiger partial charge in [0.1, 0.15) is 28.9 Å². The fraction of sp³-hybridized carbons (Fsp3) is 0.0588. The van der Waals surface area contributed by atoms with E-state index in [1.807, 2.05) is 0 Å². The summed E-state index contributed by atoms with van der Waals surface area (Å²) in [6.45, 7) is 0.204. The van der Waals surface area contributed by atoms with Crippen LogP contribution in [0.2, 0.25) is 5.02 Å². The van der Waals surface area contributed by atoms with E-state index in [1.165, 1.54) is 35.6 Å². The van der Waals surface area contributed by atoms with E-state index in [-0.39, 0.29) is 24.0 Å². The molecule has 0 bridgehead atoms. The summed E-state index contributed by atoms with van der Waals surface area (Å²) in [6.07, 6.45) is 0. The number of ether oxygens (including phenoxy) is 1. The number of aromatic nitrogens is 1. The molecule has 0 atom stereocenters. The number of hydrogen-bond donors (Lipinski definition) is 1. The Labute approximate surface area is 146 Å². The molecule has 0 saturated carbocycles. The highest BCUT2D eigenvalue weighted by atomic mass is 35.5. The van der Waals surface area contributed by atoms with Crippen molar-refractivity contribution in [1.82, 2.24) is 4.98 Å². The average molecular weight is 363 g/mol. The number of anilines is 1. The van der Waals surface area contributed by atoms with Gasteiger partial charge in [-0.05, 0) is 36.4 Å². The van der Waals surface area contributed by atoms with Crippen LogP contribution in [0.3, 0.4) is 0 Å². The molecule has 0 radical (unpaired) electrons. The van der Waals surface area contributed by atoms with Gasteiger partial charge in [0.05, 0.1) is 10.7 Å². The van der Waals surface area contributed by atoms with Gasteiger partial charge < -0.3 is 10.1 Å². The van der Waals surface area contributed by atoms with Crippen LogP contribution in [-0.4, -0.2) is 10.9 Å². The van der Waals surface area contributed by atoms with Crippen molar-refractivity contribution in [1.29, 1.82) is 0 Å². The van der Waals surface area contributed by atoms with Gasteiger partial charge in [-0.15, -0.1) is 11.3 Å². The van der Waals surface area contributed by atoms with Crippen LogP contribution in [0.25, 0.3) is 0 Å². The summed E-state index contributed by atoms with van der Waals surface area (Å²) < 4.78 is 18.3. The van der Waals surface area contributed by atoms with Gasteiger partial charge in [0.15, 0.2) is 0 Å². The summed E-state index contributed by atoms with van der Waals surface area (Å²) in [7, 11) is 0. The van der Waals surface area contributed by atoms with Crippen LogP contribution < -0.4 is 10.1 Å². The third kappa shape index (κ3) is 4.10. The van der Waals surface area contributed by atoms with E-state index in [1.54, 1.807) is 29.6 Å². The Morgan fingerprint density at radius 1 is 1.21 bits per heavy atom. The molecule has 122 valence electrons. The van der Waals surface area contributed by atoms with Gasteiger partial charge >= 0.3 is 0 Å². The molecule has 0 spiro atoms. The van der Waals surface area contributed by atoms with Crippen molar-refractivity contribution < 1.29 is 13.9 Å². The van der Waals surface area contributed by atoms with E-state index in [9.17, 15) is 9.18 Å². The SMILES string of the molecule is O=C(Nc1ccccc1Cl)c1csc(COc2ccc(F)cc2)n1. The van der Waals surface area contributed by atoms with E-state index in [2.05, 4.69) is 10.3 Å². The van der Waals surface area contributed by atoms with Gasteiger partial charge in [0, 0.05) is 5.38 Å². The average Bonchev–Trinajstić information content (AvgIpc) is 3.06. The van der Waals surface area contributed by atoms with Crippen LogP contribution in [-0.2, 0) is 6.61 Å². The Balaban J connectivity index is 1.61. The smallest absolute Gasteiger partial charge is 0.275 e. The largest absolute Gasteiger partial charge is 0.486 e. The number of benzene rings is 2. The van der Waals surface area contributed by atoms with E-state index in [0.717, 1.165) is 0 Å². The van der Waals surface area contributed by atoms with E-state index < -0.39 is 0 Å². The molecule has 0 fully saturated rings. The van der Waals surface area contributed by atoms with Crippen molar-refractivity contribution in [3.63, 3.8) is 0 Å². The van der Waals surface area contributed by atoms with Crippen molar-refractivity contribution in [3.05, 3.63) is 75.5 Å². The molecule has 1 N–H and O–H groups in total. The molecule has 1 aromatic heterocycles. The first kappa shape index (κ1) is 16.4. The van der Waals surface area contributed by atoms with Gasteiger partial charge in [-0.2, -0.15) is 0 Å². The third-order valence-electron chi connectivity index (χ3n) is 3.08. The molecule has 1 amide bonds. The van der Waals surface area contributed by atoms with Crippen molar-refractivity contribution in [2.75, 3.05) is 5.32 Å². The van der Waals surface area contributed by atoms with Gasteiger partial charge in [-0.1, -0.05) is 23.7 Å². The van der Waals surface area contributed by atoms with Gasteiger partial charge in [-0.25, -0.2) is 9.37 Å². The molecule has 3 aromatic rings. The number of thiazole rings is 1. The van der Waals surface area contributed by atoms with Gasteiger partial charge in [-0.3, -0.25) is 4.79 Å². The zero-order valence-electron chi connectivity index (χ0n) is 12.3. The summed E-state index contributed by atoms with van der Waals surface area (Å²) >= 11 is 7.32. The summed E-state index contributed by atoms with van der Waals surface area (Å²) in [5, 5.41) is 5.46. The first-order valence-corrected chi connectivity index (χ1v) is 8.26. The molecule has 0 unspecified atom stereocenters. The number of nitrogens with zero attached hydrogens (tertiary/aromatic N) is 1. The Morgan fingerprint density at radius 3 is 2.71 bits per heavy atom. The van der Waals surface area contributed by atoms with Crippen LogP contribution >= 0.6 is 22.9 Å². The Bertz CT molecular complexity index is 852. The summed E-state index contributed by atoms with van der Waals surface area (Å²) in [6, 6.07) is 12.7. The Morgan fingerprint density at radius 2 is 1.96 bits per heavy atom. The molecule has 4 nitrogen and oxygen atoms in total. The number of amides is 1. The molecule has 3 rings (SSSR count). The minimum absolute atomic E-state index is 0.204. The second kappa shape index (κ2) is 7.42. The molecule has 0 aliphatic rings. The molecule has 7 heteroatoms. The van der Waals surface area contributed by atoms with E-state index in [0.29, 0.717) is 21.5 Å². The highest BCUT2D eigenvalue weighted by molar-refractivity contribution is 7.09. The van der Waals surface area contributed by atoms with E-state index in [4.69, 9.17) is 16.3 Å². The number of halogens is 2. The molecule has 2 aromatic carbocycles. The van der Waals surface area contributed by atoms with Crippen molar-refractivity contribution in [2.24, 2.45) is 0 Å². The maximum atomic E-state index is 12.8. The minimum atomic E-state index is -0.340. The lowest BCUT2D eigenvalue weighted by molar-refractivity contribution is 0.102. The molecular formula is C17H12ClFN2O2S. The molecular weight excluding hydrogens is 351 g/mol. The molecule has 0 aliphatic heterocycles. The maximum absolute atomic E-state index is 12.8. The Hall–Kier alpha value is -2.44. The lowest BCUT2D eigenvalue weighted by Gasteiger charge is -2.05. The highest BCUT2D eigenvalue weighted by Gasteiger charge is 2.12. The molecule has 24 heavy (non-hydrogen) atoms. The number of carbonyl (C=O) groups excluding carboxylic acids is 1. The predicted molar refractivity (Wildman–Crippen MR) is 92.3 cm³/mol. The van der Waals surface area contributed by atoms with Crippen LogP contribution in [0.5, 0.6) is 5.75 Å². The van der Waals surface area contributed by atoms with Crippen LogP contribution in [0.15, 0.2) is 53.9 Å². The predicted octanol–water partition coefficient (Wildman–Crippen LogP) is 4.77. The van der Waals surface area contributed by atoms with Crippen molar-refractivity contribution in [3.8, 4) is 5.75 Å². The first-order chi connectivity index (χ1) is 11.6. The lowest BCUT2D eigenvalue weighted by atomic mass is 10.3. The fourth-order valence-electron chi connectivity index (χ4n) is 1.91. The number of rotatable bonds is 5. The van der Waals surface area contributed by atoms with Crippen molar-refractivity contribution in [2.45, 2.75) is 6.61 Å². The second-order valence-corrected chi connectivity index (χ2v) is 6.15. The van der Waals surface area contributed by atoms with Crippen LogP contribution in [0, 0.1) is 5.82 Å². The molecule has 0 saturated heterocycles. The quantitative estimate of drug-likeness (QED) is 0.711. The zero-order chi connectivity index (χ0) is 16.9. The highest BCUT2D eigenvalue weighted by Crippen LogP contribution is 2.22. The maximum Gasteiger partial charge on any atom is 0.275 e. The minimum Gasteiger partial charge on any atom is -0.486 e. The molecule has 0 aliphatic carbocycles. The number of nitrogens with one attached hydrogen (secondary N) is 1. The zero-order valence-corrected chi connectivity index (χ0v) is 13.9. The van der Waals surface area contributed by atoms with Gasteiger partial charge in [0.25, 0.3) is 5.91 Å². The van der Waals surface area contributed by atoms with Gasteiger partial charge in [0.2, 0.25) is 0 Å². The number of hydrogen-bond acceptors (Lipinski definition) is 4. The second-order valence-electron chi connectivity index (χ2n) is 4.80.